The molecular formula is C14H10N2O6S. The molecule has 9 heteroatoms. The van der Waals surface area contributed by atoms with Gasteiger partial charge in [0.15, 0.2) is 21.2 Å². The summed E-state index contributed by atoms with van der Waals surface area (Å²) >= 11 is 0. The van der Waals surface area contributed by atoms with Crippen LogP contribution >= 0.6 is 0 Å². The zero-order valence-corrected chi connectivity index (χ0v) is 12.6. The number of aromatic nitrogens is 1. The summed E-state index contributed by atoms with van der Waals surface area (Å²) in [4.78, 5) is 14.4. The second-order valence-electron chi connectivity index (χ2n) is 4.88. The van der Waals surface area contributed by atoms with Gasteiger partial charge in [-0.15, -0.1) is 0 Å². The van der Waals surface area contributed by atoms with E-state index in [9.17, 15) is 23.6 Å². The van der Waals surface area contributed by atoms with Crippen molar-refractivity contribution in [2.75, 3.05) is 6.26 Å². The number of phenolic OH excluding ortho intramolecular Hbond substituents is 1. The number of oxazole rings is 1. The zero-order chi connectivity index (χ0) is 16.8. The summed E-state index contributed by atoms with van der Waals surface area (Å²) in [6.07, 6.45) is 1.08. The van der Waals surface area contributed by atoms with E-state index in [-0.39, 0.29) is 10.8 Å². The third kappa shape index (κ3) is 2.73. The van der Waals surface area contributed by atoms with Crippen LogP contribution in [0.5, 0.6) is 5.75 Å². The maximum atomic E-state index is 11.5. The average Bonchev–Trinajstić information content (AvgIpc) is 2.89. The molecular weight excluding hydrogens is 324 g/mol. The minimum absolute atomic E-state index is 0.0914. The van der Waals surface area contributed by atoms with Crippen LogP contribution in [0.2, 0.25) is 0 Å². The number of hydrogen-bond donors (Lipinski definition) is 1. The van der Waals surface area contributed by atoms with E-state index in [1.807, 2.05) is 0 Å². The predicted octanol–water partition coefficient (Wildman–Crippen LogP) is 2.51. The van der Waals surface area contributed by atoms with Crippen molar-refractivity contribution >= 4 is 26.6 Å². The first-order valence-corrected chi connectivity index (χ1v) is 8.23. The Morgan fingerprint density at radius 1 is 1.22 bits per heavy atom. The first-order chi connectivity index (χ1) is 10.8. The van der Waals surface area contributed by atoms with Gasteiger partial charge in [0.05, 0.1) is 9.82 Å². The van der Waals surface area contributed by atoms with Crippen LogP contribution in [0.3, 0.4) is 0 Å². The Morgan fingerprint density at radius 2 is 1.96 bits per heavy atom. The van der Waals surface area contributed by atoms with Gasteiger partial charge in [-0.1, -0.05) is 0 Å². The quantitative estimate of drug-likeness (QED) is 0.576. The van der Waals surface area contributed by atoms with E-state index in [2.05, 4.69) is 4.98 Å². The van der Waals surface area contributed by atoms with E-state index >= 15 is 0 Å². The van der Waals surface area contributed by atoms with Crippen LogP contribution in [0.15, 0.2) is 45.7 Å². The van der Waals surface area contributed by atoms with Crippen molar-refractivity contribution in [1.82, 2.24) is 4.98 Å². The Bertz CT molecular complexity index is 1040. The standard InChI is InChI=1S/C14H10N2O6S/c1-23(20,21)9-3-5-13-10(7-9)15-14(22-13)8-2-4-12(17)11(6-8)16(18)19/h2-7,17H,1H3. The average molecular weight is 334 g/mol. The molecule has 0 aliphatic carbocycles. The highest BCUT2D eigenvalue weighted by Gasteiger charge is 2.18. The van der Waals surface area contributed by atoms with Gasteiger partial charge < -0.3 is 9.52 Å². The molecule has 0 saturated heterocycles. The van der Waals surface area contributed by atoms with Gasteiger partial charge in [0.1, 0.15) is 5.52 Å². The highest BCUT2D eigenvalue weighted by atomic mass is 32.2. The van der Waals surface area contributed by atoms with Crippen LogP contribution in [0.4, 0.5) is 5.69 Å². The summed E-state index contributed by atoms with van der Waals surface area (Å²) in [5.74, 6) is -0.372. The van der Waals surface area contributed by atoms with E-state index in [0.717, 1.165) is 12.3 Å². The maximum absolute atomic E-state index is 11.5. The number of phenols is 1. The molecule has 0 atom stereocenters. The molecule has 0 aliphatic rings. The highest BCUT2D eigenvalue weighted by Crippen LogP contribution is 2.32. The summed E-state index contributed by atoms with van der Waals surface area (Å²) in [7, 11) is -3.38. The number of aromatic hydroxyl groups is 1. The van der Waals surface area contributed by atoms with Crippen LogP contribution in [-0.2, 0) is 9.84 Å². The Labute approximate surface area is 130 Å². The zero-order valence-electron chi connectivity index (χ0n) is 11.8. The fraction of sp³-hybridized carbons (Fsp3) is 0.0714. The molecule has 0 fully saturated rings. The van der Waals surface area contributed by atoms with Gasteiger partial charge >= 0.3 is 5.69 Å². The van der Waals surface area contributed by atoms with Gasteiger partial charge in [-0.2, -0.15) is 0 Å². The van der Waals surface area contributed by atoms with Gasteiger partial charge in [-0.3, -0.25) is 10.1 Å². The lowest BCUT2D eigenvalue weighted by molar-refractivity contribution is -0.385. The summed E-state index contributed by atoms with van der Waals surface area (Å²) < 4.78 is 28.6. The van der Waals surface area contributed by atoms with Crippen molar-refractivity contribution in [1.29, 1.82) is 0 Å². The van der Waals surface area contributed by atoms with Crippen LogP contribution < -0.4 is 0 Å². The summed E-state index contributed by atoms with van der Waals surface area (Å²) in [5.41, 5.74) is 0.495. The lowest BCUT2D eigenvalue weighted by Gasteiger charge is -1.98. The van der Waals surface area contributed by atoms with E-state index in [0.29, 0.717) is 16.7 Å². The third-order valence-electron chi connectivity index (χ3n) is 3.21. The summed E-state index contributed by atoms with van der Waals surface area (Å²) in [6.45, 7) is 0. The Hall–Kier alpha value is -2.94. The van der Waals surface area contributed by atoms with Crippen molar-refractivity contribution in [3.05, 3.63) is 46.5 Å². The van der Waals surface area contributed by atoms with Crippen LogP contribution in [0.1, 0.15) is 0 Å². The van der Waals surface area contributed by atoms with Gasteiger partial charge in [0.2, 0.25) is 5.89 Å². The minimum Gasteiger partial charge on any atom is -0.502 e. The van der Waals surface area contributed by atoms with Crippen molar-refractivity contribution in [3.63, 3.8) is 0 Å². The molecule has 0 spiro atoms. The second-order valence-corrected chi connectivity index (χ2v) is 6.90. The van der Waals surface area contributed by atoms with Crippen LogP contribution in [0, 0.1) is 10.1 Å². The van der Waals surface area contributed by atoms with Crippen molar-refractivity contribution < 1.29 is 22.9 Å². The number of benzene rings is 2. The van der Waals surface area contributed by atoms with Gasteiger partial charge in [0.25, 0.3) is 0 Å². The number of rotatable bonds is 3. The highest BCUT2D eigenvalue weighted by molar-refractivity contribution is 7.90. The molecule has 0 bridgehead atoms. The molecule has 1 aromatic heterocycles. The molecule has 2 aromatic carbocycles. The number of nitrogens with zero attached hydrogens (tertiary/aromatic N) is 2. The Morgan fingerprint density at radius 3 is 2.61 bits per heavy atom. The largest absolute Gasteiger partial charge is 0.502 e. The fourth-order valence-corrected chi connectivity index (χ4v) is 2.70. The first kappa shape index (κ1) is 15.0. The lowest BCUT2D eigenvalue weighted by atomic mass is 10.2. The number of hydrogen-bond acceptors (Lipinski definition) is 7. The number of sulfone groups is 1. The SMILES string of the molecule is CS(=O)(=O)c1ccc2oc(-c3ccc(O)c([N+](=O)[O-])c3)nc2c1. The summed E-state index contributed by atoms with van der Waals surface area (Å²) in [6, 6.07) is 7.96. The topological polar surface area (TPSA) is 124 Å². The number of nitro groups is 1. The predicted molar refractivity (Wildman–Crippen MR) is 80.9 cm³/mol. The van der Waals surface area contributed by atoms with Crippen molar-refractivity contribution in [2.45, 2.75) is 4.90 Å². The lowest BCUT2D eigenvalue weighted by Crippen LogP contribution is -1.96. The third-order valence-corrected chi connectivity index (χ3v) is 4.32. The molecule has 0 unspecified atom stereocenters. The van der Waals surface area contributed by atoms with Gasteiger partial charge in [0, 0.05) is 17.9 Å². The monoisotopic (exact) mass is 334 g/mol. The van der Waals surface area contributed by atoms with Crippen molar-refractivity contribution in [3.8, 4) is 17.2 Å². The molecule has 0 aliphatic heterocycles. The van der Waals surface area contributed by atoms with E-state index < -0.39 is 26.2 Å². The van der Waals surface area contributed by atoms with E-state index in [1.54, 1.807) is 0 Å². The first-order valence-electron chi connectivity index (χ1n) is 6.34. The summed E-state index contributed by atoms with van der Waals surface area (Å²) in [5, 5.41) is 20.3. The molecule has 0 amide bonds. The molecule has 0 radical (unpaired) electrons. The molecule has 0 saturated carbocycles. The van der Waals surface area contributed by atoms with E-state index in [1.165, 1.54) is 30.3 Å². The van der Waals surface area contributed by atoms with Gasteiger partial charge in [-0.25, -0.2) is 13.4 Å². The Kier molecular flexibility index (Phi) is 3.29. The van der Waals surface area contributed by atoms with Crippen LogP contribution in [0.25, 0.3) is 22.6 Å². The molecule has 8 nitrogen and oxygen atoms in total. The van der Waals surface area contributed by atoms with Crippen LogP contribution in [-0.4, -0.2) is 29.7 Å². The van der Waals surface area contributed by atoms with Gasteiger partial charge in [-0.05, 0) is 30.3 Å². The van der Waals surface area contributed by atoms with Crippen molar-refractivity contribution in [2.24, 2.45) is 0 Å². The molecule has 1 heterocycles. The maximum Gasteiger partial charge on any atom is 0.311 e. The minimum atomic E-state index is -3.38. The molecule has 3 rings (SSSR count). The van der Waals surface area contributed by atoms with E-state index in [4.69, 9.17) is 4.42 Å². The Balaban J connectivity index is 2.14. The fourth-order valence-electron chi connectivity index (χ4n) is 2.06. The second kappa shape index (κ2) is 5.06. The number of fused-ring (bicyclic) bond motifs is 1. The smallest absolute Gasteiger partial charge is 0.311 e. The normalized spacial score (nSPS) is 11.7. The molecule has 23 heavy (non-hydrogen) atoms. The number of nitro benzene ring substituents is 1. The molecule has 118 valence electrons. The molecule has 3 aromatic rings. The molecule has 1 N–H and O–H groups in total.